The number of azo groups is 1. The molecule has 134 valence electrons. The standard InChI is InChI=1S/C17H11Cl2F2N3OS/c18-8-1-2-14(12(19)3-8)22-23-15-11-4-9(20)5-13(21)16(11)24(17(15)25)10-6-26-7-10/h1-5,10,25H,6-7H2. The molecule has 1 saturated heterocycles. The molecule has 4 nitrogen and oxygen atoms in total. The van der Waals surface area contributed by atoms with Crippen LogP contribution in [0.25, 0.3) is 10.9 Å². The Morgan fingerprint density at radius 2 is 1.88 bits per heavy atom. The monoisotopic (exact) mass is 413 g/mol. The summed E-state index contributed by atoms with van der Waals surface area (Å²) in [6, 6.07) is 6.51. The summed E-state index contributed by atoms with van der Waals surface area (Å²) in [6.07, 6.45) is 0. The molecule has 1 N–H and O–H groups in total. The van der Waals surface area contributed by atoms with Gasteiger partial charge in [-0.3, -0.25) is 0 Å². The molecule has 1 fully saturated rings. The summed E-state index contributed by atoms with van der Waals surface area (Å²) >= 11 is 13.6. The lowest BCUT2D eigenvalue weighted by Gasteiger charge is -2.27. The van der Waals surface area contributed by atoms with E-state index in [1.807, 2.05) is 0 Å². The zero-order valence-electron chi connectivity index (χ0n) is 13.1. The topological polar surface area (TPSA) is 49.9 Å². The first-order valence-electron chi connectivity index (χ1n) is 7.62. The molecule has 2 heterocycles. The lowest BCUT2D eigenvalue weighted by atomic mass is 10.2. The molecule has 0 amide bonds. The van der Waals surface area contributed by atoms with Gasteiger partial charge in [-0.2, -0.15) is 11.8 Å². The van der Waals surface area contributed by atoms with Gasteiger partial charge in [0.05, 0.1) is 16.6 Å². The number of fused-ring (bicyclic) bond motifs is 1. The SMILES string of the molecule is Oc1c(N=Nc2ccc(Cl)cc2Cl)c2cc(F)cc(F)c2n1C1CSC1. The Morgan fingerprint density at radius 3 is 2.54 bits per heavy atom. The highest BCUT2D eigenvalue weighted by atomic mass is 35.5. The van der Waals surface area contributed by atoms with Crippen molar-refractivity contribution in [3.63, 3.8) is 0 Å². The van der Waals surface area contributed by atoms with E-state index in [9.17, 15) is 13.9 Å². The Balaban J connectivity index is 1.89. The summed E-state index contributed by atoms with van der Waals surface area (Å²) in [4.78, 5) is 0. The van der Waals surface area contributed by atoms with Gasteiger partial charge in [-0.1, -0.05) is 23.2 Å². The molecule has 0 atom stereocenters. The van der Waals surface area contributed by atoms with Gasteiger partial charge in [0.25, 0.3) is 0 Å². The van der Waals surface area contributed by atoms with Crippen molar-refractivity contribution >= 4 is 57.2 Å². The maximum absolute atomic E-state index is 14.4. The largest absolute Gasteiger partial charge is 0.493 e. The minimum atomic E-state index is -0.754. The van der Waals surface area contributed by atoms with Crippen LogP contribution in [0.15, 0.2) is 40.6 Å². The lowest BCUT2D eigenvalue weighted by molar-refractivity contribution is 0.404. The number of hydrogen-bond acceptors (Lipinski definition) is 4. The molecule has 0 aliphatic carbocycles. The molecule has 1 aliphatic rings. The molecule has 1 aliphatic heterocycles. The van der Waals surface area contributed by atoms with Crippen molar-refractivity contribution < 1.29 is 13.9 Å². The second kappa shape index (κ2) is 6.72. The average Bonchev–Trinajstić information content (AvgIpc) is 2.78. The highest BCUT2D eigenvalue weighted by Crippen LogP contribution is 2.46. The normalized spacial score (nSPS) is 15.1. The number of thioether (sulfide) groups is 1. The number of halogens is 4. The van der Waals surface area contributed by atoms with Gasteiger partial charge in [-0.05, 0) is 24.3 Å². The van der Waals surface area contributed by atoms with E-state index in [-0.39, 0.29) is 33.5 Å². The van der Waals surface area contributed by atoms with Crippen LogP contribution in [0, 0.1) is 11.6 Å². The Morgan fingerprint density at radius 1 is 1.12 bits per heavy atom. The molecule has 0 saturated carbocycles. The highest BCUT2D eigenvalue weighted by Gasteiger charge is 2.29. The number of hydrogen-bond donors (Lipinski definition) is 1. The fourth-order valence-corrected chi connectivity index (χ4v) is 4.02. The summed E-state index contributed by atoms with van der Waals surface area (Å²) in [5.41, 5.74) is 0.444. The minimum absolute atomic E-state index is 0.00122. The maximum Gasteiger partial charge on any atom is 0.221 e. The van der Waals surface area contributed by atoms with E-state index in [1.54, 1.807) is 23.9 Å². The summed E-state index contributed by atoms with van der Waals surface area (Å²) < 4.78 is 29.6. The second-order valence-electron chi connectivity index (χ2n) is 5.81. The number of nitrogens with zero attached hydrogens (tertiary/aromatic N) is 3. The van der Waals surface area contributed by atoms with Crippen molar-refractivity contribution in [2.75, 3.05) is 11.5 Å². The third-order valence-corrected chi connectivity index (χ3v) is 5.90. The number of benzene rings is 2. The third-order valence-electron chi connectivity index (χ3n) is 4.12. The molecule has 1 aromatic heterocycles. The fourth-order valence-electron chi connectivity index (χ4n) is 2.82. The number of rotatable bonds is 3. The molecule has 0 radical (unpaired) electrons. The molecular weight excluding hydrogens is 403 g/mol. The maximum atomic E-state index is 14.4. The Kier molecular flexibility index (Phi) is 4.54. The van der Waals surface area contributed by atoms with Crippen LogP contribution >= 0.6 is 35.0 Å². The van der Waals surface area contributed by atoms with Gasteiger partial charge in [0.15, 0.2) is 11.5 Å². The van der Waals surface area contributed by atoms with Crippen molar-refractivity contribution in [2.45, 2.75) is 6.04 Å². The summed E-state index contributed by atoms with van der Waals surface area (Å²) in [6.45, 7) is 0. The van der Waals surface area contributed by atoms with Crippen LogP contribution in [-0.4, -0.2) is 21.2 Å². The van der Waals surface area contributed by atoms with E-state index >= 15 is 0 Å². The zero-order chi connectivity index (χ0) is 18.4. The first-order chi connectivity index (χ1) is 12.5. The van der Waals surface area contributed by atoms with Gasteiger partial charge in [0.2, 0.25) is 5.88 Å². The van der Waals surface area contributed by atoms with Crippen LogP contribution < -0.4 is 0 Å². The molecule has 26 heavy (non-hydrogen) atoms. The number of aromatic nitrogens is 1. The molecule has 0 unspecified atom stereocenters. The van der Waals surface area contributed by atoms with Crippen LogP contribution in [0.4, 0.5) is 20.2 Å². The van der Waals surface area contributed by atoms with Crippen LogP contribution in [0.3, 0.4) is 0 Å². The molecule has 0 bridgehead atoms. The van der Waals surface area contributed by atoms with Gasteiger partial charge < -0.3 is 9.67 Å². The second-order valence-corrected chi connectivity index (χ2v) is 7.73. The van der Waals surface area contributed by atoms with Gasteiger partial charge in [-0.25, -0.2) is 8.78 Å². The quantitative estimate of drug-likeness (QED) is 0.489. The highest BCUT2D eigenvalue weighted by molar-refractivity contribution is 8.00. The van der Waals surface area contributed by atoms with Crippen LogP contribution in [0.5, 0.6) is 5.88 Å². The van der Waals surface area contributed by atoms with E-state index in [0.29, 0.717) is 10.7 Å². The Labute approximate surface area is 161 Å². The van der Waals surface area contributed by atoms with E-state index in [2.05, 4.69) is 10.2 Å². The smallest absolute Gasteiger partial charge is 0.221 e. The first-order valence-corrected chi connectivity index (χ1v) is 9.53. The molecule has 0 spiro atoms. The third kappa shape index (κ3) is 2.94. The van der Waals surface area contributed by atoms with Crippen molar-refractivity contribution in [3.05, 3.63) is 52.0 Å². The first kappa shape index (κ1) is 17.6. The van der Waals surface area contributed by atoms with Crippen LogP contribution in [0.1, 0.15) is 6.04 Å². The van der Waals surface area contributed by atoms with E-state index in [4.69, 9.17) is 23.2 Å². The zero-order valence-corrected chi connectivity index (χ0v) is 15.4. The molecule has 3 aromatic rings. The summed E-state index contributed by atoms with van der Waals surface area (Å²) in [5, 5.41) is 19.5. The molecule has 9 heteroatoms. The van der Waals surface area contributed by atoms with E-state index < -0.39 is 11.6 Å². The van der Waals surface area contributed by atoms with Gasteiger partial charge >= 0.3 is 0 Å². The predicted octanol–water partition coefficient (Wildman–Crippen LogP) is 6.64. The van der Waals surface area contributed by atoms with Crippen molar-refractivity contribution in [2.24, 2.45) is 10.2 Å². The number of aromatic hydroxyl groups is 1. The van der Waals surface area contributed by atoms with E-state index in [1.165, 1.54) is 10.6 Å². The lowest BCUT2D eigenvalue weighted by Crippen LogP contribution is -2.22. The van der Waals surface area contributed by atoms with Crippen molar-refractivity contribution in [1.29, 1.82) is 0 Å². The Hall–Kier alpha value is -1.83. The van der Waals surface area contributed by atoms with Crippen molar-refractivity contribution in [3.8, 4) is 5.88 Å². The van der Waals surface area contributed by atoms with Gasteiger partial charge in [0, 0.05) is 28.0 Å². The molecule has 4 rings (SSSR count). The summed E-state index contributed by atoms with van der Waals surface area (Å²) in [7, 11) is 0. The minimum Gasteiger partial charge on any atom is -0.493 e. The van der Waals surface area contributed by atoms with Crippen LogP contribution in [-0.2, 0) is 0 Å². The van der Waals surface area contributed by atoms with Crippen molar-refractivity contribution in [1.82, 2.24) is 4.57 Å². The predicted molar refractivity (Wildman–Crippen MR) is 101 cm³/mol. The van der Waals surface area contributed by atoms with Gasteiger partial charge in [-0.15, -0.1) is 10.2 Å². The fraction of sp³-hybridized carbons (Fsp3) is 0.176. The van der Waals surface area contributed by atoms with E-state index in [0.717, 1.165) is 23.6 Å². The van der Waals surface area contributed by atoms with Crippen LogP contribution in [0.2, 0.25) is 10.0 Å². The molecule has 2 aromatic carbocycles. The molecular formula is C17H11Cl2F2N3OS. The van der Waals surface area contributed by atoms with Gasteiger partial charge in [0.1, 0.15) is 11.5 Å². The summed E-state index contributed by atoms with van der Waals surface area (Å²) in [5.74, 6) is -0.292. The average molecular weight is 414 g/mol. The Bertz CT molecular complexity index is 1050.